The van der Waals surface area contributed by atoms with Gasteiger partial charge in [0.2, 0.25) is 11.8 Å². The zero-order chi connectivity index (χ0) is 11.8. The quantitative estimate of drug-likeness (QED) is 0.641. The lowest BCUT2D eigenvalue weighted by molar-refractivity contribution is -0.126. The van der Waals surface area contributed by atoms with Crippen molar-refractivity contribution in [1.82, 2.24) is 16.0 Å². The third-order valence-electron chi connectivity index (χ3n) is 2.58. The molecule has 1 unspecified atom stereocenters. The average Bonchev–Trinajstić information content (AvgIpc) is 2.76. The Labute approximate surface area is 109 Å². The molecule has 1 saturated heterocycles. The van der Waals surface area contributed by atoms with Crippen LogP contribution < -0.4 is 16.0 Å². The first-order valence-electron chi connectivity index (χ1n) is 5.99. The van der Waals surface area contributed by atoms with Crippen molar-refractivity contribution in [2.45, 2.75) is 38.6 Å². The van der Waals surface area contributed by atoms with Crippen molar-refractivity contribution in [3.63, 3.8) is 0 Å². The number of carbonyl (C=O) groups is 2. The molecule has 1 heterocycles. The fraction of sp³-hybridized carbons (Fsp3) is 0.818. The first-order chi connectivity index (χ1) is 7.72. The number of amides is 2. The highest BCUT2D eigenvalue weighted by Crippen LogP contribution is 1.98. The van der Waals surface area contributed by atoms with E-state index in [0.717, 1.165) is 25.9 Å². The molecular weight excluding hydrogens is 242 g/mol. The highest BCUT2D eigenvalue weighted by atomic mass is 35.5. The number of carbonyl (C=O) groups excluding carboxylic acids is 2. The van der Waals surface area contributed by atoms with Crippen LogP contribution in [0, 0.1) is 0 Å². The maximum atomic E-state index is 11.5. The third-order valence-corrected chi connectivity index (χ3v) is 2.58. The molecule has 3 N–H and O–H groups in total. The molecule has 0 bridgehead atoms. The summed E-state index contributed by atoms with van der Waals surface area (Å²) < 4.78 is 0. The Bertz CT molecular complexity index is 243. The van der Waals surface area contributed by atoms with E-state index in [1.807, 2.05) is 6.92 Å². The predicted octanol–water partition coefficient (Wildman–Crippen LogP) is 0.193. The van der Waals surface area contributed by atoms with Crippen molar-refractivity contribution in [1.29, 1.82) is 0 Å². The van der Waals surface area contributed by atoms with Gasteiger partial charge in [0.25, 0.3) is 0 Å². The van der Waals surface area contributed by atoms with Gasteiger partial charge in [0.1, 0.15) is 0 Å². The first-order valence-corrected chi connectivity index (χ1v) is 5.99. The van der Waals surface area contributed by atoms with Crippen LogP contribution in [-0.2, 0) is 9.59 Å². The number of halogens is 1. The molecule has 1 rings (SSSR count). The first kappa shape index (κ1) is 16.2. The molecular formula is C11H22ClN3O2. The van der Waals surface area contributed by atoms with Crippen molar-refractivity contribution in [3.05, 3.63) is 0 Å². The summed E-state index contributed by atoms with van der Waals surface area (Å²) in [6, 6.07) is 0.242. The van der Waals surface area contributed by atoms with Crippen LogP contribution in [0.1, 0.15) is 32.6 Å². The summed E-state index contributed by atoms with van der Waals surface area (Å²) in [6.45, 7) is 4.49. The summed E-state index contributed by atoms with van der Waals surface area (Å²) in [5.41, 5.74) is 0. The van der Waals surface area contributed by atoms with Crippen LogP contribution >= 0.6 is 12.4 Å². The molecule has 100 valence electrons. The molecule has 1 atom stereocenters. The molecule has 2 amide bonds. The van der Waals surface area contributed by atoms with Crippen molar-refractivity contribution >= 4 is 24.2 Å². The summed E-state index contributed by atoms with van der Waals surface area (Å²) in [4.78, 5) is 22.7. The van der Waals surface area contributed by atoms with E-state index in [-0.39, 0.29) is 43.1 Å². The molecule has 5 nitrogen and oxygen atoms in total. The normalized spacial score (nSPS) is 18.3. The lowest BCUT2D eigenvalue weighted by Crippen LogP contribution is -2.36. The Balaban J connectivity index is 0.00000256. The van der Waals surface area contributed by atoms with Crippen molar-refractivity contribution in [2.75, 3.05) is 19.6 Å². The minimum atomic E-state index is -0.0402. The predicted molar refractivity (Wildman–Crippen MR) is 69.2 cm³/mol. The van der Waals surface area contributed by atoms with E-state index in [0.29, 0.717) is 6.54 Å². The van der Waals surface area contributed by atoms with Crippen molar-refractivity contribution in [3.8, 4) is 0 Å². The minimum Gasteiger partial charge on any atom is -0.356 e. The fourth-order valence-electron chi connectivity index (χ4n) is 1.66. The molecule has 0 saturated carbocycles. The standard InChI is InChI=1S/C11H21N3O2.ClH/c1-2-6-13-10(15)3-4-11(16)14-9-5-7-12-8-9;/h9,12H,2-8H2,1H3,(H,13,15)(H,14,16);1H. The van der Waals surface area contributed by atoms with Crippen LogP contribution in [0.25, 0.3) is 0 Å². The molecule has 6 heteroatoms. The van der Waals surface area contributed by atoms with Gasteiger partial charge in [0.05, 0.1) is 0 Å². The maximum Gasteiger partial charge on any atom is 0.220 e. The topological polar surface area (TPSA) is 70.2 Å². The van der Waals surface area contributed by atoms with Crippen LogP contribution in [0.2, 0.25) is 0 Å². The van der Waals surface area contributed by atoms with Gasteiger partial charge in [-0.15, -0.1) is 12.4 Å². The average molecular weight is 264 g/mol. The third kappa shape index (κ3) is 7.18. The van der Waals surface area contributed by atoms with Gasteiger partial charge in [-0.3, -0.25) is 9.59 Å². The molecule has 0 aromatic heterocycles. The molecule has 0 aromatic carbocycles. The summed E-state index contributed by atoms with van der Waals surface area (Å²) in [7, 11) is 0. The summed E-state index contributed by atoms with van der Waals surface area (Å²) >= 11 is 0. The van der Waals surface area contributed by atoms with Crippen LogP contribution in [-0.4, -0.2) is 37.5 Å². The Kier molecular flexibility index (Phi) is 8.80. The maximum absolute atomic E-state index is 11.5. The highest BCUT2D eigenvalue weighted by molar-refractivity contribution is 5.85. The monoisotopic (exact) mass is 263 g/mol. The molecule has 1 fully saturated rings. The zero-order valence-corrected chi connectivity index (χ0v) is 11.1. The molecule has 0 radical (unpaired) electrons. The van der Waals surface area contributed by atoms with Gasteiger partial charge in [-0.2, -0.15) is 0 Å². The zero-order valence-electron chi connectivity index (χ0n) is 10.3. The van der Waals surface area contributed by atoms with Gasteiger partial charge in [-0.05, 0) is 19.4 Å². The van der Waals surface area contributed by atoms with Crippen LogP contribution in [0.5, 0.6) is 0 Å². The number of hydrogen-bond donors (Lipinski definition) is 3. The summed E-state index contributed by atoms with van der Waals surface area (Å²) in [5.74, 6) is -0.0677. The molecule has 17 heavy (non-hydrogen) atoms. The van der Waals surface area contributed by atoms with Crippen LogP contribution in [0.3, 0.4) is 0 Å². The number of rotatable bonds is 6. The SMILES string of the molecule is CCCNC(=O)CCC(=O)NC1CCNC1.Cl. The second-order valence-corrected chi connectivity index (χ2v) is 4.11. The number of nitrogens with one attached hydrogen (secondary N) is 3. The summed E-state index contributed by atoms with van der Waals surface area (Å²) in [5, 5.41) is 8.84. The lowest BCUT2D eigenvalue weighted by atomic mass is 10.2. The van der Waals surface area contributed by atoms with Crippen LogP contribution in [0.4, 0.5) is 0 Å². The van der Waals surface area contributed by atoms with Crippen molar-refractivity contribution in [2.24, 2.45) is 0 Å². The van der Waals surface area contributed by atoms with Gasteiger partial charge in [-0.1, -0.05) is 6.92 Å². The Morgan fingerprint density at radius 3 is 2.59 bits per heavy atom. The van der Waals surface area contributed by atoms with E-state index in [1.165, 1.54) is 0 Å². The van der Waals surface area contributed by atoms with E-state index < -0.39 is 0 Å². The molecule has 1 aliphatic rings. The van der Waals surface area contributed by atoms with E-state index in [4.69, 9.17) is 0 Å². The second kappa shape index (κ2) is 9.24. The van der Waals surface area contributed by atoms with Gasteiger partial charge in [-0.25, -0.2) is 0 Å². The Morgan fingerprint density at radius 1 is 1.29 bits per heavy atom. The fourth-order valence-corrected chi connectivity index (χ4v) is 1.66. The Hall–Kier alpha value is -0.810. The van der Waals surface area contributed by atoms with Gasteiger partial charge in [0.15, 0.2) is 0 Å². The van der Waals surface area contributed by atoms with E-state index >= 15 is 0 Å². The van der Waals surface area contributed by atoms with Crippen molar-refractivity contribution < 1.29 is 9.59 Å². The molecule has 0 aromatic rings. The molecule has 0 aliphatic carbocycles. The summed E-state index contributed by atoms with van der Waals surface area (Å²) in [6.07, 6.45) is 2.47. The minimum absolute atomic E-state index is 0. The van der Waals surface area contributed by atoms with Crippen LogP contribution in [0.15, 0.2) is 0 Å². The second-order valence-electron chi connectivity index (χ2n) is 4.11. The molecule has 1 aliphatic heterocycles. The lowest BCUT2D eigenvalue weighted by Gasteiger charge is -2.10. The van der Waals surface area contributed by atoms with E-state index in [1.54, 1.807) is 0 Å². The smallest absolute Gasteiger partial charge is 0.220 e. The number of hydrogen-bond acceptors (Lipinski definition) is 3. The van der Waals surface area contributed by atoms with E-state index in [9.17, 15) is 9.59 Å². The van der Waals surface area contributed by atoms with Gasteiger partial charge in [0, 0.05) is 32.0 Å². The van der Waals surface area contributed by atoms with Gasteiger partial charge >= 0.3 is 0 Å². The van der Waals surface area contributed by atoms with E-state index in [2.05, 4.69) is 16.0 Å². The highest BCUT2D eigenvalue weighted by Gasteiger charge is 2.16. The largest absolute Gasteiger partial charge is 0.356 e. The van der Waals surface area contributed by atoms with Gasteiger partial charge < -0.3 is 16.0 Å². The molecule has 0 spiro atoms. The Morgan fingerprint density at radius 2 is 2.00 bits per heavy atom.